The summed E-state index contributed by atoms with van der Waals surface area (Å²) in [6, 6.07) is 17.9. The van der Waals surface area contributed by atoms with Crippen LogP contribution in [0.25, 0.3) is 0 Å². The van der Waals surface area contributed by atoms with Crippen LogP contribution in [-0.4, -0.2) is 30.9 Å². The molecule has 2 aromatic carbocycles. The molecule has 2 atom stereocenters. The minimum atomic E-state index is 0.0919. The third kappa shape index (κ3) is 5.07. The lowest BCUT2D eigenvalue weighted by atomic mass is 9.78. The zero-order chi connectivity index (χ0) is 17.6. The van der Waals surface area contributed by atoms with E-state index in [0.717, 1.165) is 36.6 Å². The van der Waals surface area contributed by atoms with Gasteiger partial charge in [0, 0.05) is 23.7 Å². The number of piperidine rings is 1. The Labute approximate surface area is 155 Å². The number of carbonyl (C=O) groups excluding carboxylic acids is 1. The summed E-state index contributed by atoms with van der Waals surface area (Å²) in [5.74, 6) is 1.08. The smallest absolute Gasteiger partial charge is 0.224 e. The molecule has 0 saturated carbocycles. The maximum Gasteiger partial charge on any atom is 0.224 e. The van der Waals surface area contributed by atoms with Crippen molar-refractivity contribution in [3.05, 3.63) is 65.2 Å². The van der Waals surface area contributed by atoms with E-state index < -0.39 is 0 Å². The van der Waals surface area contributed by atoms with Gasteiger partial charge in [-0.2, -0.15) is 0 Å². The van der Waals surface area contributed by atoms with Gasteiger partial charge in [-0.15, -0.1) is 0 Å². The molecule has 0 bridgehead atoms. The van der Waals surface area contributed by atoms with Crippen molar-refractivity contribution < 1.29 is 4.79 Å². The number of likely N-dealkylation sites (tertiary alicyclic amines) is 1. The summed E-state index contributed by atoms with van der Waals surface area (Å²) in [6.45, 7) is 2.13. The number of nitrogens with zero attached hydrogens (tertiary/aromatic N) is 1. The highest BCUT2D eigenvalue weighted by molar-refractivity contribution is 6.30. The summed E-state index contributed by atoms with van der Waals surface area (Å²) in [6.07, 6.45) is 2.58. The van der Waals surface area contributed by atoms with Crippen LogP contribution >= 0.6 is 11.6 Å². The van der Waals surface area contributed by atoms with Gasteiger partial charge in [0.25, 0.3) is 0 Å². The van der Waals surface area contributed by atoms with Gasteiger partial charge in [-0.25, -0.2) is 0 Å². The van der Waals surface area contributed by atoms with Crippen LogP contribution in [0.3, 0.4) is 0 Å². The van der Waals surface area contributed by atoms with E-state index in [2.05, 4.69) is 29.4 Å². The fourth-order valence-corrected chi connectivity index (χ4v) is 3.84. The van der Waals surface area contributed by atoms with Gasteiger partial charge in [0.1, 0.15) is 0 Å². The topological polar surface area (TPSA) is 32.3 Å². The van der Waals surface area contributed by atoms with Gasteiger partial charge in [0.15, 0.2) is 0 Å². The summed E-state index contributed by atoms with van der Waals surface area (Å²) in [5.41, 5.74) is 2.20. The van der Waals surface area contributed by atoms with Crippen LogP contribution in [-0.2, 0) is 4.79 Å². The molecule has 1 amide bonds. The molecule has 1 fully saturated rings. The summed E-state index contributed by atoms with van der Waals surface area (Å²) in [4.78, 5) is 14.6. The van der Waals surface area contributed by atoms with Crippen molar-refractivity contribution in [1.29, 1.82) is 0 Å². The molecular weight excluding hydrogens is 332 g/mol. The number of halogens is 1. The number of nitrogens with one attached hydrogen (secondary N) is 1. The van der Waals surface area contributed by atoms with Crippen LogP contribution < -0.4 is 5.32 Å². The van der Waals surface area contributed by atoms with E-state index in [9.17, 15) is 4.79 Å². The molecule has 0 radical (unpaired) electrons. The van der Waals surface area contributed by atoms with Crippen molar-refractivity contribution in [3.63, 3.8) is 0 Å². The van der Waals surface area contributed by atoms with Crippen molar-refractivity contribution in [2.24, 2.45) is 5.92 Å². The van der Waals surface area contributed by atoms with Crippen molar-refractivity contribution in [1.82, 2.24) is 4.90 Å². The molecular formula is C21H25ClN2O. The van der Waals surface area contributed by atoms with Crippen molar-refractivity contribution in [2.75, 3.05) is 25.5 Å². The minimum absolute atomic E-state index is 0.0919. The molecule has 1 heterocycles. The Kier molecular flexibility index (Phi) is 6.11. The van der Waals surface area contributed by atoms with E-state index in [1.807, 2.05) is 42.5 Å². The lowest BCUT2D eigenvalue weighted by molar-refractivity contribution is -0.116. The number of hydrogen-bond acceptors (Lipinski definition) is 2. The Balaban J connectivity index is 1.61. The highest BCUT2D eigenvalue weighted by Gasteiger charge is 2.29. The van der Waals surface area contributed by atoms with Gasteiger partial charge in [-0.1, -0.05) is 41.9 Å². The lowest BCUT2D eigenvalue weighted by Crippen LogP contribution is -2.37. The summed E-state index contributed by atoms with van der Waals surface area (Å²) < 4.78 is 0. The van der Waals surface area contributed by atoms with Crippen LogP contribution in [0.2, 0.25) is 5.02 Å². The third-order valence-electron chi connectivity index (χ3n) is 5.03. The second kappa shape index (κ2) is 8.50. The quantitative estimate of drug-likeness (QED) is 0.835. The Hall–Kier alpha value is -1.84. The van der Waals surface area contributed by atoms with Gasteiger partial charge in [0.05, 0.1) is 0 Å². The average molecular weight is 357 g/mol. The molecule has 4 heteroatoms. The molecule has 1 aliphatic rings. The average Bonchev–Trinajstić information content (AvgIpc) is 2.62. The number of rotatable bonds is 5. The Morgan fingerprint density at radius 1 is 1.16 bits per heavy atom. The van der Waals surface area contributed by atoms with E-state index in [1.165, 1.54) is 5.56 Å². The van der Waals surface area contributed by atoms with Crippen LogP contribution in [0.15, 0.2) is 54.6 Å². The molecule has 2 aromatic rings. The van der Waals surface area contributed by atoms with Gasteiger partial charge in [-0.3, -0.25) is 4.79 Å². The van der Waals surface area contributed by atoms with Gasteiger partial charge in [0.2, 0.25) is 5.91 Å². The second-order valence-electron chi connectivity index (χ2n) is 6.92. The molecule has 25 heavy (non-hydrogen) atoms. The van der Waals surface area contributed by atoms with Crippen molar-refractivity contribution in [2.45, 2.75) is 25.2 Å². The maximum atomic E-state index is 12.3. The largest absolute Gasteiger partial charge is 0.326 e. The first-order valence-electron chi connectivity index (χ1n) is 8.91. The number of carbonyl (C=O) groups is 1. The summed E-state index contributed by atoms with van der Waals surface area (Å²) in [7, 11) is 2.16. The van der Waals surface area contributed by atoms with E-state index in [-0.39, 0.29) is 5.91 Å². The van der Waals surface area contributed by atoms with Crippen LogP contribution in [0, 0.1) is 5.92 Å². The number of benzene rings is 2. The standard InChI is InChI=1S/C21H25ClN2O/c1-24-14-13-20(16-7-10-18(22)11-8-16)17(15-24)9-12-21(25)23-19-5-3-2-4-6-19/h2-8,10-11,17,20H,9,12-15H2,1H3,(H,23,25)/t17-,20+/m0/s1. The predicted octanol–water partition coefficient (Wildman–Crippen LogP) is 4.79. The Morgan fingerprint density at radius 2 is 1.88 bits per heavy atom. The molecule has 1 N–H and O–H groups in total. The number of amides is 1. The van der Waals surface area contributed by atoms with Crippen LogP contribution in [0.5, 0.6) is 0 Å². The first-order chi connectivity index (χ1) is 12.1. The Bertz CT molecular complexity index is 687. The molecule has 0 spiro atoms. The van der Waals surface area contributed by atoms with Gasteiger partial charge < -0.3 is 10.2 Å². The Morgan fingerprint density at radius 3 is 2.60 bits per heavy atom. The second-order valence-corrected chi connectivity index (χ2v) is 7.36. The minimum Gasteiger partial charge on any atom is -0.326 e. The van der Waals surface area contributed by atoms with Gasteiger partial charge >= 0.3 is 0 Å². The molecule has 132 valence electrons. The zero-order valence-electron chi connectivity index (χ0n) is 14.6. The summed E-state index contributed by atoms with van der Waals surface area (Å²) >= 11 is 6.03. The van der Waals surface area contributed by atoms with E-state index >= 15 is 0 Å². The third-order valence-corrected chi connectivity index (χ3v) is 5.29. The number of hydrogen-bond donors (Lipinski definition) is 1. The van der Waals surface area contributed by atoms with Gasteiger partial charge in [-0.05, 0) is 68.1 Å². The molecule has 0 aliphatic carbocycles. The predicted molar refractivity (Wildman–Crippen MR) is 104 cm³/mol. The monoisotopic (exact) mass is 356 g/mol. The summed E-state index contributed by atoms with van der Waals surface area (Å²) in [5, 5.41) is 3.76. The SMILES string of the molecule is CN1CC[C@H](c2ccc(Cl)cc2)[C@@H](CCC(=O)Nc2ccccc2)C1. The van der Waals surface area contributed by atoms with E-state index in [1.54, 1.807) is 0 Å². The highest BCUT2D eigenvalue weighted by atomic mass is 35.5. The van der Waals surface area contributed by atoms with E-state index in [4.69, 9.17) is 11.6 Å². The highest BCUT2D eigenvalue weighted by Crippen LogP contribution is 2.35. The normalized spacial score (nSPS) is 21.0. The molecule has 1 saturated heterocycles. The van der Waals surface area contributed by atoms with E-state index in [0.29, 0.717) is 18.3 Å². The molecule has 0 unspecified atom stereocenters. The molecule has 1 aliphatic heterocycles. The fourth-order valence-electron chi connectivity index (χ4n) is 3.72. The first kappa shape index (κ1) is 18.0. The fraction of sp³-hybridized carbons (Fsp3) is 0.381. The maximum absolute atomic E-state index is 12.3. The molecule has 3 rings (SSSR count). The van der Waals surface area contributed by atoms with Crippen LogP contribution in [0.4, 0.5) is 5.69 Å². The molecule has 0 aromatic heterocycles. The zero-order valence-corrected chi connectivity index (χ0v) is 15.4. The van der Waals surface area contributed by atoms with Crippen molar-refractivity contribution in [3.8, 4) is 0 Å². The lowest BCUT2D eigenvalue weighted by Gasteiger charge is -2.37. The van der Waals surface area contributed by atoms with Crippen molar-refractivity contribution >= 4 is 23.2 Å². The number of anilines is 1. The first-order valence-corrected chi connectivity index (χ1v) is 9.28. The van der Waals surface area contributed by atoms with Crippen LogP contribution in [0.1, 0.15) is 30.7 Å². The molecule has 3 nitrogen and oxygen atoms in total. The number of para-hydroxylation sites is 1.